The van der Waals surface area contributed by atoms with Crippen LogP contribution in [-0.2, 0) is 9.57 Å². The fraction of sp³-hybridized carbons (Fsp3) is 0.418. The number of nitrogens with zero attached hydrogens (tertiary/aromatic N) is 2. The zero-order valence-corrected chi connectivity index (χ0v) is 37.9. The van der Waals surface area contributed by atoms with Crippen LogP contribution in [0.5, 0.6) is 17.2 Å². The predicted molar refractivity (Wildman–Crippen MR) is 255 cm³/mol. The molecule has 6 atom stereocenters. The highest BCUT2D eigenvalue weighted by Crippen LogP contribution is 2.62. The summed E-state index contributed by atoms with van der Waals surface area (Å²) in [5, 5.41) is 29.3. The summed E-state index contributed by atoms with van der Waals surface area (Å²) < 4.78 is 21.4. The van der Waals surface area contributed by atoms with Gasteiger partial charge in [-0.3, -0.25) is 4.79 Å². The molecule has 2 N–H and O–H groups in total. The van der Waals surface area contributed by atoms with Crippen molar-refractivity contribution in [3.05, 3.63) is 139 Å². The molecule has 0 radical (unpaired) electrons. The maximum Gasteiger partial charge on any atom is 0.254 e. The second-order valence-corrected chi connectivity index (χ2v) is 18.6. The van der Waals surface area contributed by atoms with Gasteiger partial charge in [-0.15, -0.1) is 6.58 Å². The summed E-state index contributed by atoms with van der Waals surface area (Å²) in [6, 6.07) is 33.9. The Kier molecular flexibility index (Phi) is 13.9. The number of carbonyl (C=O) groups excluding carboxylic acids is 1. The number of rotatable bonds is 18. The quantitative estimate of drug-likeness (QED) is 0.0513. The van der Waals surface area contributed by atoms with Gasteiger partial charge in [-0.1, -0.05) is 97.7 Å². The van der Waals surface area contributed by atoms with Crippen molar-refractivity contribution in [1.82, 2.24) is 4.90 Å². The third-order valence-corrected chi connectivity index (χ3v) is 13.1. The lowest BCUT2D eigenvalue weighted by atomic mass is 9.55. The fourth-order valence-electron chi connectivity index (χ4n) is 10.4. The largest absolute Gasteiger partial charge is 0.459 e. The summed E-state index contributed by atoms with van der Waals surface area (Å²) in [6.45, 7) is 13.0. The van der Waals surface area contributed by atoms with E-state index in [4.69, 9.17) is 24.2 Å². The summed E-state index contributed by atoms with van der Waals surface area (Å²) in [7, 11) is 0. The first-order valence-corrected chi connectivity index (χ1v) is 23.3. The van der Waals surface area contributed by atoms with Crippen molar-refractivity contribution in [3.63, 3.8) is 0 Å². The average Bonchev–Trinajstić information content (AvgIpc) is 3.30. The van der Waals surface area contributed by atoms with Crippen molar-refractivity contribution in [2.24, 2.45) is 22.9 Å². The van der Waals surface area contributed by atoms with E-state index in [2.05, 4.69) is 56.0 Å². The number of allylic oxidation sites excluding steroid dienone is 1. The summed E-state index contributed by atoms with van der Waals surface area (Å²) in [4.78, 5) is 23.6. The number of ether oxygens (including phenoxy) is 3. The normalized spacial score (nSPS) is 23.2. The number of hydrogen-bond acceptors (Lipinski definition) is 8. The molecule has 5 aromatic rings. The lowest BCUT2D eigenvalue weighted by Crippen LogP contribution is -2.70. The van der Waals surface area contributed by atoms with E-state index in [1.165, 1.54) is 0 Å². The summed E-state index contributed by atoms with van der Waals surface area (Å²) in [6.07, 6.45) is 9.94. The van der Waals surface area contributed by atoms with E-state index in [1.54, 1.807) is 6.08 Å². The van der Waals surface area contributed by atoms with Crippen LogP contribution in [0.3, 0.4) is 0 Å². The number of fused-ring (bicyclic) bond motifs is 4. The van der Waals surface area contributed by atoms with Crippen LogP contribution in [0.25, 0.3) is 21.5 Å². The summed E-state index contributed by atoms with van der Waals surface area (Å²) >= 11 is 0. The topological polar surface area (TPSA) is 110 Å². The minimum absolute atomic E-state index is 0.0867. The molecule has 3 aliphatic rings. The van der Waals surface area contributed by atoms with Crippen LogP contribution in [0.15, 0.2) is 133 Å². The summed E-state index contributed by atoms with van der Waals surface area (Å²) in [5.41, 5.74) is 2.80. The third-order valence-electron chi connectivity index (χ3n) is 13.1. The molecule has 1 aliphatic heterocycles. The number of aliphatic hydroxyl groups is 2. The van der Waals surface area contributed by atoms with Gasteiger partial charge in [0.2, 0.25) is 5.79 Å². The van der Waals surface area contributed by atoms with Crippen LogP contribution in [0.1, 0.15) is 101 Å². The highest BCUT2D eigenvalue weighted by molar-refractivity contribution is 6.04. The molecule has 0 unspecified atom stereocenters. The first kappa shape index (κ1) is 45.1. The maximum atomic E-state index is 15.3. The third kappa shape index (κ3) is 9.35. The number of aliphatic hydroxyl groups excluding tert-OH is 2. The van der Waals surface area contributed by atoms with Gasteiger partial charge in [0.15, 0.2) is 0 Å². The molecule has 1 fully saturated rings. The highest BCUT2D eigenvalue weighted by Gasteiger charge is 2.65. The van der Waals surface area contributed by atoms with Crippen LogP contribution in [0, 0.1) is 17.8 Å². The molecule has 2 aliphatic carbocycles. The first-order valence-electron chi connectivity index (χ1n) is 23.3. The molecule has 0 aromatic heterocycles. The van der Waals surface area contributed by atoms with Crippen molar-refractivity contribution < 1.29 is 34.1 Å². The van der Waals surface area contributed by atoms with Gasteiger partial charge in [-0.05, 0) is 134 Å². The highest BCUT2D eigenvalue weighted by atomic mass is 16.7. The second kappa shape index (κ2) is 19.7. The maximum absolute atomic E-state index is 15.3. The Morgan fingerprint density at radius 2 is 1.52 bits per heavy atom. The van der Waals surface area contributed by atoms with Gasteiger partial charge >= 0.3 is 0 Å². The van der Waals surface area contributed by atoms with E-state index in [0.717, 1.165) is 69.8 Å². The molecule has 9 nitrogen and oxygen atoms in total. The van der Waals surface area contributed by atoms with Crippen LogP contribution in [0.2, 0.25) is 0 Å². The molecule has 0 saturated heterocycles. The van der Waals surface area contributed by atoms with Crippen molar-refractivity contribution >= 4 is 33.2 Å². The second-order valence-electron chi connectivity index (χ2n) is 18.6. The van der Waals surface area contributed by atoms with Gasteiger partial charge < -0.3 is 34.2 Å². The Labute approximate surface area is 378 Å². The number of hydrogen-bond donors (Lipinski definition) is 2. The van der Waals surface area contributed by atoms with Crippen molar-refractivity contribution in [2.75, 3.05) is 26.4 Å². The minimum atomic E-state index is -1.36. The molecule has 9 heteroatoms. The summed E-state index contributed by atoms with van der Waals surface area (Å²) in [5.74, 6) is 0.248. The minimum Gasteiger partial charge on any atom is -0.459 e. The van der Waals surface area contributed by atoms with E-state index in [1.807, 2.05) is 92.4 Å². The Morgan fingerprint density at radius 3 is 2.20 bits per heavy atom. The van der Waals surface area contributed by atoms with Crippen LogP contribution in [0.4, 0.5) is 0 Å². The van der Waals surface area contributed by atoms with Gasteiger partial charge in [0.1, 0.15) is 28.9 Å². The number of carbonyl (C=O) groups is 1. The molecular formula is C55H64N2O7. The van der Waals surface area contributed by atoms with Crippen LogP contribution in [-0.4, -0.2) is 70.5 Å². The van der Waals surface area contributed by atoms with Gasteiger partial charge in [0.25, 0.3) is 5.91 Å². The molecular weight excluding hydrogens is 801 g/mol. The SMILES string of the molecule is C=CCO[C@@]12Oc3ccc(Oc4ccc5ccccc5c4)cc3[C@H]3[C@H](CCCCO)[C@@H](CCCCO)C=C(C(=NOC(C)(C)C)C[C@@H]1N(CCC)C(=O)c1ccc4ccccc4c1)[C@H]32. The van der Waals surface area contributed by atoms with E-state index in [9.17, 15) is 10.2 Å². The van der Waals surface area contributed by atoms with E-state index >= 15 is 4.79 Å². The number of oxime groups is 1. The number of benzene rings is 5. The smallest absolute Gasteiger partial charge is 0.254 e. The lowest BCUT2D eigenvalue weighted by molar-refractivity contribution is -0.254. The van der Waals surface area contributed by atoms with Gasteiger partial charge in [-0.25, -0.2) is 0 Å². The van der Waals surface area contributed by atoms with E-state index < -0.39 is 23.3 Å². The molecule has 5 aromatic carbocycles. The zero-order chi connectivity index (χ0) is 44.8. The average molecular weight is 865 g/mol. The van der Waals surface area contributed by atoms with E-state index in [0.29, 0.717) is 49.3 Å². The number of amides is 1. The zero-order valence-electron chi connectivity index (χ0n) is 37.9. The molecule has 0 spiro atoms. The Morgan fingerprint density at radius 1 is 0.859 bits per heavy atom. The molecule has 8 rings (SSSR count). The molecule has 1 heterocycles. The molecule has 1 amide bonds. The Hall–Kier alpha value is -5.48. The van der Waals surface area contributed by atoms with Crippen molar-refractivity contribution in [3.8, 4) is 17.2 Å². The predicted octanol–water partition coefficient (Wildman–Crippen LogP) is 11.8. The lowest BCUT2D eigenvalue weighted by Gasteiger charge is -2.60. The molecule has 336 valence electrons. The Balaban J connectivity index is 1.33. The molecule has 0 bridgehead atoms. The Bertz CT molecular complexity index is 2510. The molecule has 64 heavy (non-hydrogen) atoms. The number of unbranched alkanes of at least 4 members (excludes halogenated alkanes) is 2. The van der Waals surface area contributed by atoms with Crippen LogP contribution < -0.4 is 9.47 Å². The van der Waals surface area contributed by atoms with Gasteiger partial charge in [-0.2, -0.15) is 0 Å². The molecule has 1 saturated carbocycles. The van der Waals surface area contributed by atoms with Crippen molar-refractivity contribution in [1.29, 1.82) is 0 Å². The van der Waals surface area contributed by atoms with Gasteiger partial charge in [0.05, 0.1) is 18.2 Å². The monoisotopic (exact) mass is 864 g/mol. The van der Waals surface area contributed by atoms with Gasteiger partial charge in [0, 0.05) is 43.2 Å². The fourth-order valence-corrected chi connectivity index (χ4v) is 10.4. The first-order chi connectivity index (χ1) is 31.1. The van der Waals surface area contributed by atoms with Crippen molar-refractivity contribution in [2.45, 2.75) is 102 Å². The standard InChI is InChI=1S/C55H64N2O7/c1-6-28-57(53(60)42-23-22-37-16-8-10-18-39(37)32-42)50-36-48(56-64-54(3,4)5)46-34-41(20-12-14-29-58)45(21-13-15-30-59)51-47-35-44(62-43-25-24-38-17-9-11-19-40(38)33-43)26-27-49(47)63-55(50,52(46)51)61-31-7-2/h7-11,16-19,22-27,32-35,41,45,50-52,58-59H,2,6,12-15,20-21,28-31,36H2,1,3-5H3/t41-,45+,50-,51+,52+,55+/m0/s1. The van der Waals surface area contributed by atoms with E-state index in [-0.39, 0.29) is 43.5 Å². The van der Waals surface area contributed by atoms with Crippen LogP contribution >= 0.6 is 0 Å².